The minimum absolute atomic E-state index is 0.766. The molecule has 0 saturated carbocycles. The Balaban J connectivity index is 0.982. The first-order chi connectivity index (χ1) is 47.8. The molecule has 8 aliphatic heterocycles. The lowest BCUT2D eigenvalue weighted by Crippen LogP contribution is -2.71. The molecular formula is C56H94N4O41. The molecule has 584 valence electrons. The van der Waals surface area contributed by atoms with Gasteiger partial charge < -0.3 is 205 Å². The van der Waals surface area contributed by atoms with Crippen LogP contribution in [0.3, 0.4) is 0 Å². The SMILES string of the molecule is CC(=O)N[C@H]1[C@H](O[C@H]2[C@@H](O)[C@@H](CO)O[C@@H](O[C@H]3[C@H](O)[C@@H](NC(C)=O)[C@H](O[C@H]4[C@@H](O)[C@@H](CO)O[C@@H](O[C@H]5[C@H](O)[C@@H](NC(C)=O)[C@H](O[C@H]6[C@@H](O)[C@@H](CO)O[C@@H](O[C@H]7[C@@H](O)[C@@H](CO)OC(O)[C@@H]7NC(C)=O)[C@@H]6O)O[C@@H]5CO)[C@@H]4O)O[C@@H]3CO)[C@@H]2O)O[C@H](CO)[C@@H](O[C@@H]2O[C@H](CO)[C@H](O)[C@H](O)[C@@H]2O)[C@@H]1O. The van der Waals surface area contributed by atoms with Crippen LogP contribution in [0.2, 0.25) is 0 Å². The van der Waals surface area contributed by atoms with Gasteiger partial charge in [-0.05, 0) is 0 Å². The van der Waals surface area contributed by atoms with Gasteiger partial charge >= 0.3 is 0 Å². The summed E-state index contributed by atoms with van der Waals surface area (Å²) >= 11 is 0. The number of carbonyl (C=O) groups excluding carboxylic acids is 4. The second kappa shape index (κ2) is 36.3. The van der Waals surface area contributed by atoms with Gasteiger partial charge in [0.25, 0.3) is 0 Å². The van der Waals surface area contributed by atoms with E-state index in [1.54, 1.807) is 0 Å². The summed E-state index contributed by atoms with van der Waals surface area (Å²) in [6, 6.07) is -7.19. The molecule has 0 bridgehead atoms. The van der Waals surface area contributed by atoms with Gasteiger partial charge in [0.1, 0.15) is 195 Å². The van der Waals surface area contributed by atoms with Gasteiger partial charge in [0.2, 0.25) is 23.6 Å². The summed E-state index contributed by atoms with van der Waals surface area (Å²) in [4.78, 5) is 50.4. The van der Waals surface area contributed by atoms with Gasteiger partial charge in [-0.1, -0.05) is 0 Å². The van der Waals surface area contributed by atoms with E-state index in [-0.39, 0.29) is 0 Å². The Bertz CT molecular complexity index is 2640. The van der Waals surface area contributed by atoms with Crippen molar-refractivity contribution in [2.75, 3.05) is 52.9 Å². The Morgan fingerprint density at radius 2 is 0.455 bits per heavy atom. The quantitative estimate of drug-likeness (QED) is 0.0382. The first-order valence-electron chi connectivity index (χ1n) is 32.1. The van der Waals surface area contributed by atoms with Crippen LogP contribution in [0.15, 0.2) is 0 Å². The third kappa shape index (κ3) is 18.3. The minimum atomic E-state index is -2.33. The molecule has 40 atom stereocenters. The van der Waals surface area contributed by atoms with E-state index >= 15 is 0 Å². The third-order valence-corrected chi connectivity index (χ3v) is 18.3. The highest BCUT2D eigenvalue weighted by molar-refractivity contribution is 5.74. The summed E-state index contributed by atoms with van der Waals surface area (Å²) in [5.74, 6) is -3.48. The molecule has 0 aliphatic carbocycles. The molecule has 45 heteroatoms. The van der Waals surface area contributed by atoms with Gasteiger partial charge in [0, 0.05) is 27.7 Å². The van der Waals surface area contributed by atoms with Gasteiger partial charge in [-0.15, -0.1) is 0 Å². The number of rotatable bonds is 26. The molecular weight excluding hydrogens is 1380 g/mol. The van der Waals surface area contributed by atoms with E-state index in [0.29, 0.717) is 0 Å². The number of aliphatic hydroxyl groups is 22. The van der Waals surface area contributed by atoms with Crippen LogP contribution < -0.4 is 21.3 Å². The Morgan fingerprint density at radius 1 is 0.238 bits per heavy atom. The largest absolute Gasteiger partial charge is 0.394 e. The van der Waals surface area contributed by atoms with E-state index in [2.05, 4.69) is 21.3 Å². The molecule has 0 radical (unpaired) electrons. The van der Waals surface area contributed by atoms with Crippen LogP contribution in [0.4, 0.5) is 0 Å². The Kier molecular flexibility index (Phi) is 29.9. The Hall–Kier alpha value is -3.60. The summed E-state index contributed by atoms with van der Waals surface area (Å²) in [6.07, 6.45) is -71.2. The fourth-order valence-electron chi connectivity index (χ4n) is 13.1. The van der Waals surface area contributed by atoms with Crippen LogP contribution in [0.25, 0.3) is 0 Å². The Morgan fingerprint density at radius 3 is 0.733 bits per heavy atom. The van der Waals surface area contributed by atoms with E-state index in [9.17, 15) is 132 Å². The summed E-state index contributed by atoms with van der Waals surface area (Å²) in [5, 5.41) is 251. The zero-order valence-electron chi connectivity index (χ0n) is 54.3. The second-order valence-electron chi connectivity index (χ2n) is 25.3. The van der Waals surface area contributed by atoms with E-state index in [4.69, 9.17) is 71.1 Å². The molecule has 0 aromatic heterocycles. The number of hydrogen-bond donors (Lipinski definition) is 26. The van der Waals surface area contributed by atoms with Crippen molar-refractivity contribution in [2.24, 2.45) is 0 Å². The fraction of sp³-hybridized carbons (Fsp3) is 0.929. The van der Waals surface area contributed by atoms with Crippen LogP contribution in [-0.2, 0) is 90.2 Å². The van der Waals surface area contributed by atoms with E-state index in [1.165, 1.54) is 0 Å². The smallest absolute Gasteiger partial charge is 0.217 e. The maximum atomic E-state index is 12.9. The second-order valence-corrected chi connectivity index (χ2v) is 25.3. The van der Waals surface area contributed by atoms with Crippen LogP contribution in [-0.4, -0.2) is 434 Å². The molecule has 1 unspecified atom stereocenters. The lowest BCUT2D eigenvalue weighted by atomic mass is 9.93. The predicted molar refractivity (Wildman–Crippen MR) is 311 cm³/mol. The molecule has 8 rings (SSSR count). The highest BCUT2D eigenvalue weighted by Gasteiger charge is 2.60. The zero-order valence-corrected chi connectivity index (χ0v) is 54.3. The molecule has 8 heterocycles. The molecule has 101 heavy (non-hydrogen) atoms. The number of aliphatic hydroxyl groups excluding tert-OH is 22. The maximum Gasteiger partial charge on any atom is 0.217 e. The van der Waals surface area contributed by atoms with Crippen LogP contribution in [0.1, 0.15) is 27.7 Å². The van der Waals surface area contributed by atoms with Crippen LogP contribution in [0, 0.1) is 0 Å². The number of ether oxygens (including phenoxy) is 15. The van der Waals surface area contributed by atoms with Crippen molar-refractivity contribution in [3.63, 3.8) is 0 Å². The summed E-state index contributed by atoms with van der Waals surface area (Å²) < 4.78 is 87.0. The van der Waals surface area contributed by atoms with Crippen LogP contribution in [0.5, 0.6) is 0 Å². The molecule has 8 fully saturated rings. The van der Waals surface area contributed by atoms with Gasteiger partial charge in [0.05, 0.1) is 52.9 Å². The summed E-state index contributed by atoms with van der Waals surface area (Å²) in [6.45, 7) is -4.38. The lowest BCUT2D eigenvalue weighted by Gasteiger charge is -2.51. The minimum Gasteiger partial charge on any atom is -0.394 e. The zero-order chi connectivity index (χ0) is 74.5. The van der Waals surface area contributed by atoms with Gasteiger partial charge in [-0.25, -0.2) is 0 Å². The third-order valence-electron chi connectivity index (χ3n) is 18.3. The van der Waals surface area contributed by atoms with Gasteiger partial charge in [-0.3, -0.25) is 19.2 Å². The van der Waals surface area contributed by atoms with Crippen molar-refractivity contribution in [3.8, 4) is 0 Å². The van der Waals surface area contributed by atoms with E-state index in [1.807, 2.05) is 0 Å². The Labute approximate surface area is 572 Å². The predicted octanol–water partition coefficient (Wildman–Crippen LogP) is -17.9. The molecule has 8 saturated heterocycles. The molecule has 26 N–H and O–H groups in total. The van der Waals surface area contributed by atoms with Crippen LogP contribution >= 0.6 is 0 Å². The molecule has 4 amide bonds. The lowest BCUT2D eigenvalue weighted by molar-refractivity contribution is -0.388. The van der Waals surface area contributed by atoms with Crippen molar-refractivity contribution in [1.82, 2.24) is 21.3 Å². The van der Waals surface area contributed by atoms with Crippen molar-refractivity contribution in [1.29, 1.82) is 0 Å². The standard InChI is InChI=1S/C56H94N4O41/c1-13(69)57-25-34(78)42(95-53-38(82)37(81)29(73)17(5-61)88-53)22(10-66)92-50(25)99-46-31(75)19(7-63)89-54(39(46)83)96-43-23(11-67)93-51(26(35(43)79)58-14(2)70)100-47-32(76)20(8-64)90-55(40(47)84)97-44-24(12-68)94-52(27(36(44)80)59-15(3)71)101-48-33(77)21(9-65)91-56(41(48)85)98-45-28(60-16(4)72)49(86)87-18(6-62)30(45)74/h17-56,61-68,73-86H,5-12H2,1-4H3,(H,57,69)(H,58,70)(H,59,71)(H,60,72)/t17-,18-,19-,20-,21-,22-,23-,24-,25-,26-,27-,28-,29+,30+,31+,32+,33+,34-,35-,36-,37+,38+,39-,40-,41-,42-,43-,44-,45-,46+,47+,48+,49?,50+,51+,52+,53+,54+,55+,56+/m1/s1. The van der Waals surface area contributed by atoms with Crippen molar-refractivity contribution in [3.05, 3.63) is 0 Å². The first kappa shape index (κ1) is 83.0. The maximum absolute atomic E-state index is 12.9. The topological polar surface area (TPSA) is 700 Å². The van der Waals surface area contributed by atoms with E-state index < -0.39 is 322 Å². The summed E-state index contributed by atoms with van der Waals surface area (Å²) in [7, 11) is 0. The number of amides is 4. The molecule has 8 aliphatic rings. The highest BCUT2D eigenvalue weighted by atomic mass is 16.8. The number of nitrogens with one attached hydrogen (secondary N) is 4. The first-order valence-corrected chi connectivity index (χ1v) is 32.1. The van der Waals surface area contributed by atoms with Gasteiger partial charge in [-0.2, -0.15) is 0 Å². The number of carbonyl (C=O) groups is 4. The van der Waals surface area contributed by atoms with E-state index in [0.717, 1.165) is 27.7 Å². The average molecular weight is 1480 g/mol. The number of hydrogen-bond acceptors (Lipinski definition) is 41. The molecule has 45 nitrogen and oxygen atoms in total. The van der Waals surface area contributed by atoms with Crippen molar-refractivity contribution in [2.45, 2.75) is 273 Å². The fourth-order valence-corrected chi connectivity index (χ4v) is 13.1. The monoisotopic (exact) mass is 1480 g/mol. The molecule has 0 aromatic rings. The van der Waals surface area contributed by atoms with Gasteiger partial charge in [0.15, 0.2) is 50.3 Å². The average Bonchev–Trinajstić information content (AvgIpc) is 0.770. The van der Waals surface area contributed by atoms with Crippen molar-refractivity contribution >= 4 is 23.6 Å². The summed E-state index contributed by atoms with van der Waals surface area (Å²) in [5.41, 5.74) is 0. The molecule has 0 aromatic carbocycles. The van der Waals surface area contributed by atoms with Crippen molar-refractivity contribution < 1.29 is 203 Å². The highest BCUT2D eigenvalue weighted by Crippen LogP contribution is 2.39. The normalized spacial score (nSPS) is 48.3. The molecule has 0 spiro atoms.